The minimum Gasteiger partial charge on any atom is -0.350 e. The number of amides is 1. The largest absolute Gasteiger partial charge is 0.350 e. The summed E-state index contributed by atoms with van der Waals surface area (Å²) in [5, 5.41) is 12.1. The number of hydrogen-bond acceptors (Lipinski definition) is 6. The van der Waals surface area contributed by atoms with Crippen LogP contribution in [0.4, 0.5) is 5.13 Å². The number of carbonyl (C=O) groups excluding carboxylic acids is 1. The lowest BCUT2D eigenvalue weighted by Gasteiger charge is -2.10. The van der Waals surface area contributed by atoms with Crippen LogP contribution < -0.4 is 10.7 Å². The summed E-state index contributed by atoms with van der Waals surface area (Å²) in [6.07, 6.45) is 5.09. The number of fused-ring (bicyclic) bond motifs is 1. The monoisotopic (exact) mass is 390 g/mol. The Balaban J connectivity index is 1.34. The van der Waals surface area contributed by atoms with Crippen molar-refractivity contribution in [3.05, 3.63) is 72.6 Å². The Morgan fingerprint density at radius 3 is 2.79 bits per heavy atom. The zero-order valence-electron chi connectivity index (χ0n) is 15.1. The van der Waals surface area contributed by atoms with Crippen LogP contribution in [-0.4, -0.2) is 32.9 Å². The average Bonchev–Trinajstić information content (AvgIpc) is 3.35. The van der Waals surface area contributed by atoms with Gasteiger partial charge in [0.05, 0.1) is 28.3 Å². The van der Waals surface area contributed by atoms with Gasteiger partial charge in [-0.2, -0.15) is 10.2 Å². The fourth-order valence-electron chi connectivity index (χ4n) is 2.58. The number of rotatable bonds is 6. The zero-order chi connectivity index (χ0) is 19.3. The quantitative estimate of drug-likeness (QED) is 0.390. The molecule has 0 saturated carbocycles. The van der Waals surface area contributed by atoms with Crippen LogP contribution in [0.15, 0.2) is 72.1 Å². The van der Waals surface area contributed by atoms with E-state index in [2.05, 4.69) is 25.9 Å². The molecule has 0 fully saturated rings. The summed E-state index contributed by atoms with van der Waals surface area (Å²) in [5.41, 5.74) is 5.20. The van der Waals surface area contributed by atoms with Gasteiger partial charge in [0.25, 0.3) is 5.91 Å². The maximum Gasteiger partial charge on any atom is 0.262 e. The summed E-state index contributed by atoms with van der Waals surface area (Å²) in [6, 6.07) is 17.2. The summed E-state index contributed by atoms with van der Waals surface area (Å²) in [5.74, 6) is -0.244. The molecule has 0 saturated heterocycles. The normalized spacial score (nSPS) is 12.3. The summed E-state index contributed by atoms with van der Waals surface area (Å²) < 4.78 is 2.83. The van der Waals surface area contributed by atoms with Crippen molar-refractivity contribution >= 4 is 38.8 Å². The van der Waals surface area contributed by atoms with Gasteiger partial charge >= 0.3 is 0 Å². The van der Waals surface area contributed by atoms with Crippen molar-refractivity contribution in [1.29, 1.82) is 0 Å². The third-order valence-corrected chi connectivity index (χ3v) is 5.01. The van der Waals surface area contributed by atoms with Crippen LogP contribution >= 0.6 is 11.3 Å². The van der Waals surface area contributed by atoms with Crippen molar-refractivity contribution in [2.75, 3.05) is 5.32 Å². The molecule has 0 radical (unpaired) electrons. The van der Waals surface area contributed by atoms with Gasteiger partial charge in [-0.25, -0.2) is 15.1 Å². The van der Waals surface area contributed by atoms with Crippen molar-refractivity contribution in [2.24, 2.45) is 5.10 Å². The molecule has 0 bridgehead atoms. The van der Waals surface area contributed by atoms with E-state index in [1.165, 1.54) is 11.3 Å². The Morgan fingerprint density at radius 1 is 1.18 bits per heavy atom. The Kier molecular flexibility index (Phi) is 5.11. The summed E-state index contributed by atoms with van der Waals surface area (Å²) in [4.78, 5) is 16.7. The predicted octanol–water partition coefficient (Wildman–Crippen LogP) is 3.43. The van der Waals surface area contributed by atoms with E-state index in [1.54, 1.807) is 24.0 Å². The molecular weight excluding hydrogens is 372 g/mol. The fourth-order valence-corrected chi connectivity index (χ4v) is 3.53. The second-order valence-electron chi connectivity index (χ2n) is 6.14. The first-order valence-corrected chi connectivity index (χ1v) is 9.56. The zero-order valence-corrected chi connectivity index (χ0v) is 15.9. The van der Waals surface area contributed by atoms with Crippen molar-refractivity contribution < 1.29 is 4.79 Å². The first kappa shape index (κ1) is 17.9. The van der Waals surface area contributed by atoms with E-state index in [0.717, 1.165) is 21.5 Å². The predicted molar refractivity (Wildman–Crippen MR) is 112 cm³/mol. The van der Waals surface area contributed by atoms with Crippen LogP contribution in [-0.2, 0) is 4.79 Å². The van der Waals surface area contributed by atoms with Gasteiger partial charge in [-0.3, -0.25) is 4.79 Å². The highest BCUT2D eigenvalue weighted by Crippen LogP contribution is 2.25. The molecule has 0 aliphatic heterocycles. The Morgan fingerprint density at radius 2 is 1.96 bits per heavy atom. The van der Waals surface area contributed by atoms with Crippen molar-refractivity contribution in [2.45, 2.75) is 13.0 Å². The number of nitrogens with zero attached hydrogens (tertiary/aromatic N) is 4. The lowest BCUT2D eigenvalue weighted by Crippen LogP contribution is -2.34. The van der Waals surface area contributed by atoms with E-state index in [4.69, 9.17) is 0 Å². The highest BCUT2D eigenvalue weighted by molar-refractivity contribution is 7.22. The number of carbonyl (C=O) groups is 1. The molecule has 1 atom stereocenters. The van der Waals surface area contributed by atoms with Gasteiger partial charge in [0.15, 0.2) is 5.13 Å². The second kappa shape index (κ2) is 8.01. The molecule has 4 aromatic rings. The first-order chi connectivity index (χ1) is 13.7. The number of aromatic nitrogens is 3. The molecule has 0 spiro atoms. The van der Waals surface area contributed by atoms with Gasteiger partial charge in [-0.15, -0.1) is 0 Å². The fraction of sp³-hybridized carbons (Fsp3) is 0.100. The van der Waals surface area contributed by atoms with E-state index in [-0.39, 0.29) is 5.91 Å². The maximum absolute atomic E-state index is 12.2. The van der Waals surface area contributed by atoms with Crippen LogP contribution in [0.25, 0.3) is 15.9 Å². The van der Waals surface area contributed by atoms with Crippen LogP contribution in [0.1, 0.15) is 12.5 Å². The number of hydrazone groups is 1. The van der Waals surface area contributed by atoms with Gasteiger partial charge in [-0.1, -0.05) is 41.7 Å². The summed E-state index contributed by atoms with van der Waals surface area (Å²) in [7, 11) is 0. The standard InChI is InChI=1S/C20H18N6OS/c1-14(23-20-24-17-9-5-6-10-18(17)28-20)19(27)25-21-11-15-12-22-26(13-15)16-7-3-2-4-8-16/h2-14H,1H3,(H,23,24)(H,25,27)/b21-11-/t14-/m1/s1. The van der Waals surface area contributed by atoms with E-state index < -0.39 is 6.04 Å². The van der Waals surface area contributed by atoms with Crippen LogP contribution in [0.5, 0.6) is 0 Å². The molecule has 7 nitrogen and oxygen atoms in total. The van der Waals surface area contributed by atoms with E-state index >= 15 is 0 Å². The first-order valence-electron chi connectivity index (χ1n) is 8.74. The minimum atomic E-state index is -0.468. The molecule has 2 aromatic heterocycles. The summed E-state index contributed by atoms with van der Waals surface area (Å²) >= 11 is 1.51. The van der Waals surface area contributed by atoms with Crippen LogP contribution in [0, 0.1) is 0 Å². The molecule has 2 N–H and O–H groups in total. The maximum atomic E-state index is 12.2. The average molecular weight is 390 g/mol. The topological polar surface area (TPSA) is 84.2 Å². The minimum absolute atomic E-state index is 0.244. The molecule has 140 valence electrons. The Labute approximate surface area is 165 Å². The number of hydrogen-bond donors (Lipinski definition) is 2. The lowest BCUT2D eigenvalue weighted by molar-refractivity contribution is -0.121. The molecular formula is C20H18N6OS. The van der Waals surface area contributed by atoms with Crippen molar-refractivity contribution in [3.8, 4) is 5.69 Å². The molecule has 8 heteroatoms. The third kappa shape index (κ3) is 4.07. The summed E-state index contributed by atoms with van der Waals surface area (Å²) in [6.45, 7) is 1.77. The number of nitrogens with one attached hydrogen (secondary N) is 2. The van der Waals surface area contributed by atoms with E-state index in [9.17, 15) is 4.79 Å². The van der Waals surface area contributed by atoms with Gasteiger partial charge in [0, 0.05) is 11.8 Å². The van der Waals surface area contributed by atoms with E-state index in [0.29, 0.717) is 5.13 Å². The molecule has 0 aliphatic rings. The van der Waals surface area contributed by atoms with Crippen molar-refractivity contribution in [3.63, 3.8) is 0 Å². The highest BCUT2D eigenvalue weighted by atomic mass is 32.1. The van der Waals surface area contributed by atoms with Crippen LogP contribution in [0.3, 0.4) is 0 Å². The second-order valence-corrected chi connectivity index (χ2v) is 7.17. The molecule has 4 rings (SSSR count). The number of para-hydroxylation sites is 2. The molecule has 1 amide bonds. The highest BCUT2D eigenvalue weighted by Gasteiger charge is 2.14. The molecule has 28 heavy (non-hydrogen) atoms. The number of benzene rings is 2. The molecule has 2 heterocycles. The van der Waals surface area contributed by atoms with Crippen LogP contribution in [0.2, 0.25) is 0 Å². The molecule has 0 aliphatic carbocycles. The Hall–Kier alpha value is -3.52. The smallest absolute Gasteiger partial charge is 0.262 e. The van der Waals surface area contributed by atoms with Gasteiger partial charge < -0.3 is 5.32 Å². The molecule has 0 unspecified atom stereocenters. The van der Waals surface area contributed by atoms with Gasteiger partial charge in [0.2, 0.25) is 0 Å². The number of thiazole rings is 1. The number of anilines is 1. The van der Waals surface area contributed by atoms with Crippen molar-refractivity contribution in [1.82, 2.24) is 20.2 Å². The SMILES string of the molecule is C[C@@H](Nc1nc2ccccc2s1)C(=O)N/N=C\c1cnn(-c2ccccc2)c1. The Bertz CT molecular complexity index is 1080. The lowest BCUT2D eigenvalue weighted by atomic mass is 10.3. The van der Waals surface area contributed by atoms with Gasteiger partial charge in [0.1, 0.15) is 6.04 Å². The van der Waals surface area contributed by atoms with Gasteiger partial charge in [-0.05, 0) is 31.2 Å². The molecule has 2 aromatic carbocycles. The van der Waals surface area contributed by atoms with E-state index in [1.807, 2.05) is 60.8 Å². The third-order valence-electron chi connectivity index (χ3n) is 4.04.